The summed E-state index contributed by atoms with van der Waals surface area (Å²) in [5, 5.41) is 5.49. The lowest BCUT2D eigenvalue weighted by atomic mass is 10.0. The van der Waals surface area contributed by atoms with Gasteiger partial charge in [0.1, 0.15) is 0 Å². The molecule has 0 saturated carbocycles. The van der Waals surface area contributed by atoms with E-state index >= 15 is 0 Å². The Bertz CT molecular complexity index is 711. The van der Waals surface area contributed by atoms with Crippen LogP contribution in [0, 0.1) is 0 Å². The molecule has 140 valence electrons. The van der Waals surface area contributed by atoms with E-state index in [1.807, 2.05) is 35.7 Å². The molecule has 0 spiro atoms. The molecule has 0 aliphatic carbocycles. The van der Waals surface area contributed by atoms with Crippen LogP contribution in [0.5, 0.6) is 0 Å². The van der Waals surface area contributed by atoms with Gasteiger partial charge in [0.15, 0.2) is 5.13 Å². The Morgan fingerprint density at radius 1 is 1.35 bits per heavy atom. The Balaban J connectivity index is 1.51. The van der Waals surface area contributed by atoms with Crippen molar-refractivity contribution < 1.29 is 9.53 Å². The number of nitrogens with one attached hydrogen (secondary N) is 1. The van der Waals surface area contributed by atoms with Crippen molar-refractivity contribution in [3.63, 3.8) is 0 Å². The van der Waals surface area contributed by atoms with Gasteiger partial charge in [0.05, 0.1) is 17.9 Å². The van der Waals surface area contributed by atoms with Crippen molar-refractivity contribution in [2.24, 2.45) is 5.73 Å². The predicted octanol–water partition coefficient (Wildman–Crippen LogP) is 2.78. The van der Waals surface area contributed by atoms with Crippen LogP contribution in [0.2, 0.25) is 0 Å². The zero-order valence-corrected chi connectivity index (χ0v) is 16.0. The summed E-state index contributed by atoms with van der Waals surface area (Å²) in [5.74, 6) is -0.115. The third kappa shape index (κ3) is 5.35. The highest BCUT2D eigenvalue weighted by molar-refractivity contribution is 7.13. The largest absolute Gasteiger partial charge is 0.373 e. The number of nitrogens with two attached hydrogens (primary N) is 1. The van der Waals surface area contributed by atoms with E-state index in [9.17, 15) is 4.79 Å². The maximum Gasteiger partial charge on any atom is 0.228 e. The van der Waals surface area contributed by atoms with Gasteiger partial charge in [-0.15, -0.1) is 11.3 Å². The van der Waals surface area contributed by atoms with E-state index < -0.39 is 0 Å². The van der Waals surface area contributed by atoms with Crippen molar-refractivity contribution in [3.05, 3.63) is 47.0 Å². The molecule has 2 heterocycles. The lowest BCUT2D eigenvalue weighted by Gasteiger charge is -2.34. The van der Waals surface area contributed by atoms with Crippen LogP contribution in [0.3, 0.4) is 0 Å². The monoisotopic (exact) mass is 374 g/mol. The average Bonchev–Trinajstić information content (AvgIpc) is 3.01. The van der Waals surface area contributed by atoms with Crippen LogP contribution in [0.25, 0.3) is 0 Å². The molecule has 1 aliphatic heterocycles. The predicted molar refractivity (Wildman–Crippen MR) is 104 cm³/mol. The molecule has 1 aromatic carbocycles. The Labute approximate surface area is 158 Å². The highest BCUT2D eigenvalue weighted by Gasteiger charge is 2.23. The van der Waals surface area contributed by atoms with E-state index in [0.29, 0.717) is 5.13 Å². The molecule has 1 saturated heterocycles. The van der Waals surface area contributed by atoms with Gasteiger partial charge in [0, 0.05) is 37.5 Å². The number of nitrogens with zero attached hydrogens (tertiary/aromatic N) is 2. The quantitative estimate of drug-likeness (QED) is 0.813. The van der Waals surface area contributed by atoms with Gasteiger partial charge in [-0.1, -0.05) is 30.3 Å². The molecule has 2 aromatic rings. The fourth-order valence-electron chi connectivity index (χ4n) is 3.27. The lowest BCUT2D eigenvalue weighted by Crippen LogP contribution is -2.44. The van der Waals surface area contributed by atoms with Crippen molar-refractivity contribution in [1.29, 1.82) is 0 Å². The van der Waals surface area contributed by atoms with Gasteiger partial charge in [0.2, 0.25) is 5.91 Å². The van der Waals surface area contributed by atoms with E-state index in [1.165, 1.54) is 11.3 Å². The van der Waals surface area contributed by atoms with Crippen LogP contribution in [0.1, 0.15) is 37.6 Å². The lowest BCUT2D eigenvalue weighted by molar-refractivity contribution is -0.116. The van der Waals surface area contributed by atoms with Gasteiger partial charge in [0.25, 0.3) is 0 Å². The first kappa shape index (κ1) is 19.0. The molecule has 0 bridgehead atoms. The summed E-state index contributed by atoms with van der Waals surface area (Å²) in [6.07, 6.45) is 0.698. The van der Waals surface area contributed by atoms with Crippen LogP contribution in [0.15, 0.2) is 35.7 Å². The van der Waals surface area contributed by atoms with E-state index in [2.05, 4.69) is 29.0 Å². The van der Waals surface area contributed by atoms with E-state index in [4.69, 9.17) is 10.5 Å². The molecule has 7 heteroatoms. The second kappa shape index (κ2) is 8.73. The number of carbonyl (C=O) groups is 1. The van der Waals surface area contributed by atoms with Crippen LogP contribution in [-0.2, 0) is 16.1 Å². The van der Waals surface area contributed by atoms with Crippen molar-refractivity contribution in [3.8, 4) is 0 Å². The van der Waals surface area contributed by atoms with Crippen LogP contribution >= 0.6 is 11.3 Å². The number of rotatable bonds is 6. The molecule has 6 nitrogen and oxygen atoms in total. The van der Waals surface area contributed by atoms with E-state index in [1.54, 1.807) is 0 Å². The molecule has 0 radical (unpaired) electrons. The van der Waals surface area contributed by atoms with Crippen molar-refractivity contribution in [1.82, 2.24) is 9.88 Å². The highest BCUT2D eigenvalue weighted by Crippen LogP contribution is 2.20. The van der Waals surface area contributed by atoms with Crippen molar-refractivity contribution >= 4 is 22.4 Å². The van der Waals surface area contributed by atoms with Crippen LogP contribution in [-0.4, -0.2) is 41.1 Å². The first-order valence-corrected chi connectivity index (χ1v) is 9.80. The van der Waals surface area contributed by atoms with Gasteiger partial charge in [-0.05, 0) is 19.4 Å². The summed E-state index contributed by atoms with van der Waals surface area (Å²) in [5.41, 5.74) is 8.04. The van der Waals surface area contributed by atoms with Gasteiger partial charge in [-0.2, -0.15) is 0 Å². The second-order valence-electron chi connectivity index (χ2n) is 6.86. The fourth-order valence-corrected chi connectivity index (χ4v) is 3.99. The summed E-state index contributed by atoms with van der Waals surface area (Å²) in [4.78, 5) is 19.1. The fraction of sp³-hybridized carbons (Fsp3) is 0.474. The summed E-state index contributed by atoms with van der Waals surface area (Å²) < 4.78 is 5.76. The normalized spacial score (nSPS) is 22.1. The number of amides is 1. The third-order valence-corrected chi connectivity index (χ3v) is 5.12. The minimum Gasteiger partial charge on any atom is -0.373 e. The standard InChI is InChI=1S/C19H26N4O2S/c1-13-9-23(10-14(2)25-13)11-16-12-26-19(21-16)22-18(24)8-17(20)15-6-4-3-5-7-15/h3-7,12-14,17H,8-11,20H2,1-2H3,(H,21,22,24). The molecule has 3 unspecified atom stereocenters. The molecular formula is C19H26N4O2S. The average molecular weight is 375 g/mol. The number of benzene rings is 1. The molecule has 1 aromatic heterocycles. The molecule has 3 atom stereocenters. The number of morpholine rings is 1. The Kier molecular flexibility index (Phi) is 6.37. The Morgan fingerprint density at radius 2 is 2.04 bits per heavy atom. The SMILES string of the molecule is CC1CN(Cc2csc(NC(=O)CC(N)c3ccccc3)n2)CC(C)O1. The van der Waals surface area contributed by atoms with Gasteiger partial charge in [-0.25, -0.2) is 4.98 Å². The van der Waals surface area contributed by atoms with Gasteiger partial charge < -0.3 is 15.8 Å². The third-order valence-electron chi connectivity index (χ3n) is 4.31. The second-order valence-corrected chi connectivity index (χ2v) is 7.72. The first-order valence-electron chi connectivity index (χ1n) is 8.92. The van der Waals surface area contributed by atoms with Gasteiger partial charge >= 0.3 is 0 Å². The Hall–Kier alpha value is -1.80. The summed E-state index contributed by atoms with van der Waals surface area (Å²) in [6, 6.07) is 9.34. The summed E-state index contributed by atoms with van der Waals surface area (Å²) in [7, 11) is 0. The van der Waals surface area contributed by atoms with Crippen LogP contribution < -0.4 is 11.1 Å². The number of thiazole rings is 1. The number of ether oxygens (including phenoxy) is 1. The number of hydrogen-bond donors (Lipinski definition) is 2. The van der Waals surface area contributed by atoms with E-state index in [-0.39, 0.29) is 30.6 Å². The maximum atomic E-state index is 12.2. The molecule has 3 N–H and O–H groups in total. The van der Waals surface area contributed by atoms with Crippen molar-refractivity contribution in [2.45, 2.75) is 45.1 Å². The number of aromatic nitrogens is 1. The van der Waals surface area contributed by atoms with Crippen molar-refractivity contribution in [2.75, 3.05) is 18.4 Å². The summed E-state index contributed by atoms with van der Waals surface area (Å²) >= 11 is 1.45. The molecule has 1 fully saturated rings. The number of anilines is 1. The molecular weight excluding hydrogens is 348 g/mol. The molecule has 3 rings (SSSR count). The molecule has 26 heavy (non-hydrogen) atoms. The first-order chi connectivity index (χ1) is 12.5. The van der Waals surface area contributed by atoms with E-state index in [0.717, 1.165) is 30.9 Å². The smallest absolute Gasteiger partial charge is 0.228 e. The highest BCUT2D eigenvalue weighted by atomic mass is 32.1. The molecule has 1 amide bonds. The zero-order valence-electron chi connectivity index (χ0n) is 15.2. The number of hydrogen-bond acceptors (Lipinski definition) is 6. The maximum absolute atomic E-state index is 12.2. The van der Waals surface area contributed by atoms with Crippen LogP contribution in [0.4, 0.5) is 5.13 Å². The molecule has 1 aliphatic rings. The minimum atomic E-state index is -0.313. The Morgan fingerprint density at radius 3 is 2.73 bits per heavy atom. The summed E-state index contributed by atoms with van der Waals surface area (Å²) in [6.45, 7) is 6.75. The number of carbonyl (C=O) groups excluding carboxylic acids is 1. The minimum absolute atomic E-state index is 0.115. The zero-order chi connectivity index (χ0) is 18.5. The topological polar surface area (TPSA) is 80.5 Å². The van der Waals surface area contributed by atoms with Gasteiger partial charge in [-0.3, -0.25) is 9.69 Å².